The van der Waals surface area contributed by atoms with Crippen molar-refractivity contribution in [1.82, 2.24) is 0 Å². The van der Waals surface area contributed by atoms with Gasteiger partial charge in [-0.1, -0.05) is 33.1 Å². The highest BCUT2D eigenvalue weighted by Gasteiger charge is 2.32. The van der Waals surface area contributed by atoms with Gasteiger partial charge in [0.25, 0.3) is 0 Å². The van der Waals surface area contributed by atoms with Crippen LogP contribution in [0.5, 0.6) is 0 Å². The second-order valence-corrected chi connectivity index (χ2v) is 5.34. The van der Waals surface area contributed by atoms with Gasteiger partial charge in [-0.25, -0.2) is 4.79 Å². The van der Waals surface area contributed by atoms with Gasteiger partial charge in [-0.15, -0.1) is 0 Å². The number of carboxylic acid groups (broad SMARTS) is 1. The molecule has 0 saturated heterocycles. The third kappa shape index (κ3) is 6.38. The SMILES string of the molecule is CCCCCCSCCC(O)(CC)C(=O)O. The van der Waals surface area contributed by atoms with Crippen molar-refractivity contribution in [3.63, 3.8) is 0 Å². The minimum atomic E-state index is -1.52. The van der Waals surface area contributed by atoms with Gasteiger partial charge in [-0.2, -0.15) is 11.8 Å². The molecule has 2 N–H and O–H groups in total. The summed E-state index contributed by atoms with van der Waals surface area (Å²) < 4.78 is 0. The molecule has 96 valence electrons. The van der Waals surface area contributed by atoms with E-state index in [-0.39, 0.29) is 6.42 Å². The number of aliphatic carboxylic acids is 1. The molecule has 0 radical (unpaired) electrons. The third-order valence-electron chi connectivity index (χ3n) is 2.79. The van der Waals surface area contributed by atoms with Crippen LogP contribution in [0, 0.1) is 0 Å². The molecule has 0 bridgehead atoms. The molecule has 0 saturated carbocycles. The van der Waals surface area contributed by atoms with Crippen molar-refractivity contribution >= 4 is 17.7 Å². The highest BCUT2D eigenvalue weighted by molar-refractivity contribution is 7.99. The van der Waals surface area contributed by atoms with Gasteiger partial charge in [0, 0.05) is 0 Å². The quantitative estimate of drug-likeness (QED) is 0.584. The molecule has 0 aliphatic rings. The molecule has 0 amide bonds. The fourth-order valence-corrected chi connectivity index (χ4v) is 2.50. The normalized spacial score (nSPS) is 14.7. The third-order valence-corrected chi connectivity index (χ3v) is 3.86. The van der Waals surface area contributed by atoms with E-state index in [0.717, 1.165) is 11.5 Å². The molecule has 1 unspecified atom stereocenters. The maximum atomic E-state index is 10.8. The van der Waals surface area contributed by atoms with Crippen molar-refractivity contribution < 1.29 is 15.0 Å². The number of rotatable bonds is 10. The van der Waals surface area contributed by atoms with Crippen molar-refractivity contribution in [1.29, 1.82) is 0 Å². The van der Waals surface area contributed by atoms with Gasteiger partial charge in [0.05, 0.1) is 0 Å². The summed E-state index contributed by atoms with van der Waals surface area (Å²) in [5, 5.41) is 18.6. The van der Waals surface area contributed by atoms with Crippen LogP contribution in [0.15, 0.2) is 0 Å². The van der Waals surface area contributed by atoms with E-state index in [1.54, 1.807) is 18.7 Å². The first kappa shape index (κ1) is 15.8. The minimum Gasteiger partial charge on any atom is -0.479 e. The molecule has 0 rings (SSSR count). The Morgan fingerprint density at radius 3 is 2.38 bits per heavy atom. The lowest BCUT2D eigenvalue weighted by Crippen LogP contribution is -2.38. The fraction of sp³-hybridized carbons (Fsp3) is 0.917. The van der Waals surface area contributed by atoms with Crippen LogP contribution >= 0.6 is 11.8 Å². The molecule has 1 atom stereocenters. The number of carboxylic acids is 1. The molecule has 0 aromatic rings. The first-order valence-electron chi connectivity index (χ1n) is 6.10. The molecule has 0 spiro atoms. The average Bonchev–Trinajstić information content (AvgIpc) is 2.27. The molecule has 0 heterocycles. The summed E-state index contributed by atoms with van der Waals surface area (Å²) >= 11 is 1.74. The maximum absolute atomic E-state index is 10.8. The van der Waals surface area contributed by atoms with Gasteiger partial charge in [-0.3, -0.25) is 0 Å². The Morgan fingerprint density at radius 2 is 1.88 bits per heavy atom. The van der Waals surface area contributed by atoms with Crippen LogP contribution in [0.4, 0.5) is 0 Å². The Hall–Kier alpha value is -0.220. The van der Waals surface area contributed by atoms with Gasteiger partial charge in [-0.05, 0) is 30.8 Å². The van der Waals surface area contributed by atoms with Crippen molar-refractivity contribution in [3.8, 4) is 0 Å². The molecule has 0 aromatic heterocycles. The Labute approximate surface area is 103 Å². The molecule has 0 fully saturated rings. The lowest BCUT2D eigenvalue weighted by Gasteiger charge is -2.20. The van der Waals surface area contributed by atoms with Crippen LogP contribution in [-0.4, -0.2) is 33.3 Å². The molecular formula is C12H24O3S. The fourth-order valence-electron chi connectivity index (χ4n) is 1.41. The van der Waals surface area contributed by atoms with Gasteiger partial charge in [0.2, 0.25) is 0 Å². The van der Waals surface area contributed by atoms with E-state index in [9.17, 15) is 9.90 Å². The number of carbonyl (C=O) groups is 1. The second-order valence-electron chi connectivity index (χ2n) is 4.11. The van der Waals surface area contributed by atoms with Crippen molar-refractivity contribution in [2.45, 2.75) is 58.0 Å². The Kier molecular flexibility index (Phi) is 8.76. The Bertz CT molecular complexity index is 197. The van der Waals surface area contributed by atoms with Crippen molar-refractivity contribution in [2.75, 3.05) is 11.5 Å². The summed E-state index contributed by atoms with van der Waals surface area (Å²) in [6, 6.07) is 0. The minimum absolute atomic E-state index is 0.277. The van der Waals surface area contributed by atoms with E-state index in [1.165, 1.54) is 25.7 Å². The molecule has 0 aliphatic heterocycles. The number of hydrogen-bond donors (Lipinski definition) is 2. The van der Waals surface area contributed by atoms with Crippen LogP contribution < -0.4 is 0 Å². The molecule has 0 aliphatic carbocycles. The van der Waals surface area contributed by atoms with Gasteiger partial charge >= 0.3 is 5.97 Å². The van der Waals surface area contributed by atoms with E-state index in [2.05, 4.69) is 6.92 Å². The largest absolute Gasteiger partial charge is 0.479 e. The predicted octanol–water partition coefficient (Wildman–Crippen LogP) is 2.92. The topological polar surface area (TPSA) is 57.5 Å². The van der Waals surface area contributed by atoms with Gasteiger partial charge in [0.15, 0.2) is 5.60 Å². The lowest BCUT2D eigenvalue weighted by molar-refractivity contribution is -0.158. The zero-order chi connectivity index (χ0) is 12.4. The van der Waals surface area contributed by atoms with Crippen molar-refractivity contribution in [2.24, 2.45) is 0 Å². The average molecular weight is 248 g/mol. The summed E-state index contributed by atoms with van der Waals surface area (Å²) in [5.74, 6) is 0.698. The first-order chi connectivity index (χ1) is 7.56. The Balaban J connectivity index is 3.53. The zero-order valence-corrected chi connectivity index (χ0v) is 11.2. The first-order valence-corrected chi connectivity index (χ1v) is 7.25. The van der Waals surface area contributed by atoms with Crippen molar-refractivity contribution in [3.05, 3.63) is 0 Å². The summed E-state index contributed by atoms with van der Waals surface area (Å²) in [6.45, 7) is 3.89. The molecule has 0 aromatic carbocycles. The molecule has 16 heavy (non-hydrogen) atoms. The van der Waals surface area contributed by atoms with Gasteiger partial charge < -0.3 is 10.2 Å². The standard InChI is InChI=1S/C12H24O3S/c1-3-5-6-7-9-16-10-8-12(15,4-2)11(13)14/h15H,3-10H2,1-2H3,(H,13,14). The number of aliphatic hydroxyl groups is 1. The van der Waals surface area contributed by atoms with E-state index < -0.39 is 11.6 Å². The summed E-state index contributed by atoms with van der Waals surface area (Å²) in [5.41, 5.74) is -1.52. The van der Waals surface area contributed by atoms with E-state index in [4.69, 9.17) is 5.11 Å². The molecule has 4 heteroatoms. The molecular weight excluding hydrogens is 224 g/mol. The van der Waals surface area contributed by atoms with Crippen LogP contribution in [0.3, 0.4) is 0 Å². The van der Waals surface area contributed by atoms with E-state index in [1.807, 2.05) is 0 Å². The summed E-state index contributed by atoms with van der Waals surface area (Å²) in [6.07, 6.45) is 5.57. The van der Waals surface area contributed by atoms with E-state index >= 15 is 0 Å². The highest BCUT2D eigenvalue weighted by atomic mass is 32.2. The number of thioether (sulfide) groups is 1. The zero-order valence-electron chi connectivity index (χ0n) is 10.4. The second kappa shape index (κ2) is 8.88. The monoisotopic (exact) mass is 248 g/mol. The Morgan fingerprint density at radius 1 is 1.19 bits per heavy atom. The van der Waals surface area contributed by atoms with Crippen LogP contribution in [0.25, 0.3) is 0 Å². The molecule has 3 nitrogen and oxygen atoms in total. The smallest absolute Gasteiger partial charge is 0.335 e. The van der Waals surface area contributed by atoms with Crippen LogP contribution in [-0.2, 0) is 4.79 Å². The predicted molar refractivity (Wildman–Crippen MR) is 69.0 cm³/mol. The lowest BCUT2D eigenvalue weighted by atomic mass is 9.98. The van der Waals surface area contributed by atoms with E-state index in [0.29, 0.717) is 6.42 Å². The highest BCUT2D eigenvalue weighted by Crippen LogP contribution is 2.19. The van der Waals surface area contributed by atoms with Crippen LogP contribution in [0.1, 0.15) is 52.4 Å². The summed E-state index contributed by atoms with van der Waals surface area (Å²) in [7, 11) is 0. The number of hydrogen-bond acceptors (Lipinski definition) is 3. The number of unbranched alkanes of at least 4 members (excludes halogenated alkanes) is 3. The van der Waals surface area contributed by atoms with Crippen LogP contribution in [0.2, 0.25) is 0 Å². The van der Waals surface area contributed by atoms with Gasteiger partial charge in [0.1, 0.15) is 0 Å². The summed E-state index contributed by atoms with van der Waals surface area (Å²) in [4.78, 5) is 10.8. The maximum Gasteiger partial charge on any atom is 0.335 e.